The number of hydrogen-bond donors (Lipinski definition) is 2. The van der Waals surface area contributed by atoms with Crippen LogP contribution >= 0.6 is 11.6 Å². The first-order valence-corrected chi connectivity index (χ1v) is 8.07. The Morgan fingerprint density at radius 3 is 2.64 bits per heavy atom. The van der Waals surface area contributed by atoms with Crippen molar-refractivity contribution in [1.82, 2.24) is 15.2 Å². The largest absolute Gasteiger partial charge is 0.495 e. The molecule has 0 aliphatic carbocycles. The van der Waals surface area contributed by atoms with Crippen LogP contribution in [0.15, 0.2) is 42.6 Å². The molecule has 0 atom stereocenters. The molecule has 3 rings (SSSR count). The van der Waals surface area contributed by atoms with Crippen LogP contribution in [0.1, 0.15) is 11.1 Å². The third-order valence-electron chi connectivity index (χ3n) is 3.62. The van der Waals surface area contributed by atoms with E-state index in [0.29, 0.717) is 28.2 Å². The van der Waals surface area contributed by atoms with Gasteiger partial charge in [0, 0.05) is 10.7 Å². The lowest BCUT2D eigenvalue weighted by molar-refractivity contribution is 0.417. The molecule has 0 saturated heterocycles. The lowest BCUT2D eigenvalue weighted by Gasteiger charge is -2.12. The first-order chi connectivity index (χ1) is 12.0. The number of rotatable bonds is 5. The van der Waals surface area contributed by atoms with Crippen molar-refractivity contribution in [3.05, 3.63) is 58.7 Å². The van der Waals surface area contributed by atoms with Gasteiger partial charge in [0.25, 0.3) is 0 Å². The predicted octanol–water partition coefficient (Wildman–Crippen LogP) is 4.64. The summed E-state index contributed by atoms with van der Waals surface area (Å²) in [6.07, 6.45) is 1.57. The van der Waals surface area contributed by atoms with Crippen molar-refractivity contribution in [1.29, 1.82) is 0 Å². The van der Waals surface area contributed by atoms with Crippen LogP contribution in [0.3, 0.4) is 0 Å². The van der Waals surface area contributed by atoms with Crippen LogP contribution in [0.5, 0.6) is 5.75 Å². The summed E-state index contributed by atoms with van der Waals surface area (Å²) in [4.78, 5) is 4.44. The van der Waals surface area contributed by atoms with Crippen molar-refractivity contribution < 1.29 is 4.74 Å². The van der Waals surface area contributed by atoms with Crippen molar-refractivity contribution in [3.8, 4) is 5.75 Å². The Morgan fingerprint density at radius 1 is 1.00 bits per heavy atom. The summed E-state index contributed by atoms with van der Waals surface area (Å²) in [6.45, 7) is 4.08. The van der Waals surface area contributed by atoms with Crippen molar-refractivity contribution in [3.63, 3.8) is 0 Å². The molecule has 0 spiro atoms. The summed E-state index contributed by atoms with van der Waals surface area (Å²) >= 11 is 6.05. The number of ether oxygens (including phenoxy) is 1. The zero-order valence-corrected chi connectivity index (χ0v) is 14.9. The van der Waals surface area contributed by atoms with Gasteiger partial charge in [0.2, 0.25) is 5.95 Å². The van der Waals surface area contributed by atoms with Gasteiger partial charge < -0.3 is 15.4 Å². The maximum atomic E-state index is 6.05. The van der Waals surface area contributed by atoms with Gasteiger partial charge >= 0.3 is 0 Å². The minimum atomic E-state index is 0.343. The molecule has 3 aromatic rings. The molecule has 0 saturated carbocycles. The smallest absolute Gasteiger partial charge is 0.249 e. The van der Waals surface area contributed by atoms with Gasteiger partial charge in [-0.05, 0) is 49.2 Å². The molecular formula is C18H18ClN5O. The van der Waals surface area contributed by atoms with Gasteiger partial charge in [-0.2, -0.15) is 10.1 Å². The molecule has 2 N–H and O–H groups in total. The quantitative estimate of drug-likeness (QED) is 0.694. The third kappa shape index (κ3) is 4.16. The molecule has 6 nitrogen and oxygen atoms in total. The number of anilines is 4. The van der Waals surface area contributed by atoms with Crippen LogP contribution in [0, 0.1) is 13.8 Å². The zero-order chi connectivity index (χ0) is 17.8. The fourth-order valence-electron chi connectivity index (χ4n) is 2.32. The van der Waals surface area contributed by atoms with E-state index in [9.17, 15) is 0 Å². The molecule has 0 fully saturated rings. The van der Waals surface area contributed by atoms with Crippen molar-refractivity contribution in [2.24, 2.45) is 0 Å². The predicted molar refractivity (Wildman–Crippen MR) is 100 cm³/mol. The topological polar surface area (TPSA) is 72.0 Å². The van der Waals surface area contributed by atoms with Crippen LogP contribution in [-0.4, -0.2) is 22.3 Å². The summed E-state index contributed by atoms with van der Waals surface area (Å²) in [5, 5.41) is 14.9. The van der Waals surface area contributed by atoms with E-state index in [1.807, 2.05) is 13.8 Å². The van der Waals surface area contributed by atoms with E-state index >= 15 is 0 Å². The summed E-state index contributed by atoms with van der Waals surface area (Å²) in [5.74, 6) is 1.57. The van der Waals surface area contributed by atoms with Crippen molar-refractivity contribution in [2.45, 2.75) is 13.8 Å². The van der Waals surface area contributed by atoms with Gasteiger partial charge in [0.05, 0.1) is 19.0 Å². The minimum absolute atomic E-state index is 0.343. The second-order valence-corrected chi connectivity index (χ2v) is 6.01. The lowest BCUT2D eigenvalue weighted by Crippen LogP contribution is -2.04. The standard InChI is InChI=1S/C18H18ClN5O/c1-11-4-5-12(2)14(8-11)21-17-10-20-24-18(23-17)22-15-9-13(19)6-7-16(15)25-3/h4-10H,1-3H3,(H2,21,22,23,24). The second kappa shape index (κ2) is 7.36. The van der Waals surface area contributed by atoms with Gasteiger partial charge in [-0.25, -0.2) is 0 Å². The van der Waals surface area contributed by atoms with Crippen LogP contribution in [0.4, 0.5) is 23.1 Å². The Balaban J connectivity index is 1.85. The SMILES string of the molecule is COc1ccc(Cl)cc1Nc1nncc(Nc2cc(C)ccc2C)n1. The highest BCUT2D eigenvalue weighted by Gasteiger charge is 2.08. The summed E-state index contributed by atoms with van der Waals surface area (Å²) < 4.78 is 5.31. The highest BCUT2D eigenvalue weighted by atomic mass is 35.5. The third-order valence-corrected chi connectivity index (χ3v) is 3.86. The van der Waals surface area contributed by atoms with E-state index < -0.39 is 0 Å². The molecular weight excluding hydrogens is 338 g/mol. The molecule has 0 aliphatic heterocycles. The average molecular weight is 356 g/mol. The number of aromatic nitrogens is 3. The number of aryl methyl sites for hydroxylation is 2. The number of benzene rings is 2. The van der Waals surface area contributed by atoms with Crippen molar-refractivity contribution >= 4 is 34.7 Å². The zero-order valence-electron chi connectivity index (χ0n) is 14.2. The van der Waals surface area contributed by atoms with Gasteiger partial charge in [0.15, 0.2) is 5.82 Å². The van der Waals surface area contributed by atoms with E-state index in [4.69, 9.17) is 16.3 Å². The highest BCUT2D eigenvalue weighted by molar-refractivity contribution is 6.31. The average Bonchev–Trinajstić information content (AvgIpc) is 2.59. The van der Waals surface area contributed by atoms with Crippen LogP contribution in [0.25, 0.3) is 0 Å². The van der Waals surface area contributed by atoms with Crippen LogP contribution < -0.4 is 15.4 Å². The molecule has 25 heavy (non-hydrogen) atoms. The molecule has 7 heteroatoms. The Kier molecular flexibility index (Phi) is 5.00. The molecule has 0 amide bonds. The number of hydrogen-bond acceptors (Lipinski definition) is 6. The van der Waals surface area contributed by atoms with Crippen LogP contribution in [0.2, 0.25) is 5.02 Å². The van der Waals surface area contributed by atoms with E-state index in [-0.39, 0.29) is 0 Å². The van der Waals surface area contributed by atoms with Crippen molar-refractivity contribution in [2.75, 3.05) is 17.7 Å². The monoisotopic (exact) mass is 355 g/mol. The lowest BCUT2D eigenvalue weighted by atomic mass is 10.1. The molecule has 0 unspecified atom stereocenters. The summed E-state index contributed by atoms with van der Waals surface area (Å²) in [7, 11) is 1.59. The summed E-state index contributed by atoms with van der Waals surface area (Å²) in [6, 6.07) is 11.5. The second-order valence-electron chi connectivity index (χ2n) is 5.58. The summed E-state index contributed by atoms with van der Waals surface area (Å²) in [5.41, 5.74) is 3.93. The fraction of sp³-hybridized carbons (Fsp3) is 0.167. The van der Waals surface area contributed by atoms with Gasteiger partial charge in [0.1, 0.15) is 5.75 Å². The van der Waals surface area contributed by atoms with Crippen LogP contribution in [-0.2, 0) is 0 Å². The molecule has 1 aromatic heterocycles. The van der Waals surface area contributed by atoms with Gasteiger partial charge in [-0.15, -0.1) is 5.10 Å². The van der Waals surface area contributed by atoms with Gasteiger partial charge in [-0.3, -0.25) is 0 Å². The first kappa shape index (κ1) is 17.0. The Morgan fingerprint density at radius 2 is 1.84 bits per heavy atom. The molecule has 0 radical (unpaired) electrons. The number of halogens is 1. The Labute approximate surface area is 151 Å². The number of nitrogens with zero attached hydrogens (tertiary/aromatic N) is 3. The fourth-order valence-corrected chi connectivity index (χ4v) is 2.50. The minimum Gasteiger partial charge on any atom is -0.495 e. The maximum absolute atomic E-state index is 6.05. The Bertz CT molecular complexity index is 900. The molecule has 0 aliphatic rings. The van der Waals surface area contributed by atoms with Gasteiger partial charge in [-0.1, -0.05) is 23.7 Å². The van der Waals surface area contributed by atoms with E-state index in [1.165, 1.54) is 0 Å². The first-order valence-electron chi connectivity index (χ1n) is 7.70. The van der Waals surface area contributed by atoms with E-state index in [1.54, 1.807) is 31.5 Å². The molecule has 1 heterocycles. The van der Waals surface area contributed by atoms with E-state index in [0.717, 1.165) is 16.8 Å². The number of nitrogens with one attached hydrogen (secondary N) is 2. The normalized spacial score (nSPS) is 10.4. The highest BCUT2D eigenvalue weighted by Crippen LogP contribution is 2.29. The molecule has 128 valence electrons. The molecule has 2 aromatic carbocycles. The van der Waals surface area contributed by atoms with E-state index in [2.05, 4.69) is 44.0 Å². The number of methoxy groups -OCH3 is 1. The Hall–Kier alpha value is -2.86. The maximum Gasteiger partial charge on any atom is 0.249 e. The molecule has 0 bridgehead atoms.